The number of rotatable bonds is 5. The number of anilines is 1. The number of benzene rings is 1. The summed E-state index contributed by atoms with van der Waals surface area (Å²) in [7, 11) is 0. The number of fused-ring (bicyclic) bond motifs is 1. The average Bonchev–Trinajstić information content (AvgIpc) is 2.42. The van der Waals surface area contributed by atoms with E-state index >= 15 is 0 Å². The summed E-state index contributed by atoms with van der Waals surface area (Å²) in [6.07, 6.45) is -0.662. The fourth-order valence-electron chi connectivity index (χ4n) is 1.83. The molecule has 0 saturated carbocycles. The molecule has 0 amide bonds. The molecule has 3 N–H and O–H groups in total. The number of aryl methyl sites for hydroxylation is 1. The van der Waals surface area contributed by atoms with E-state index in [-0.39, 0.29) is 0 Å². The molecule has 0 spiro atoms. The lowest BCUT2D eigenvalue weighted by Gasteiger charge is -2.07. The van der Waals surface area contributed by atoms with E-state index < -0.39 is 24.1 Å². The molecule has 0 radical (unpaired) electrons. The van der Waals surface area contributed by atoms with E-state index in [0.29, 0.717) is 5.69 Å². The molecule has 1 aromatic heterocycles. The number of hydrogen-bond donors (Lipinski definition) is 3. The monoisotopic (exact) mass is 287 g/mol. The third-order valence-electron chi connectivity index (χ3n) is 2.72. The minimum absolute atomic E-state index is 0.471. The number of carboxylic acid groups (broad SMARTS) is 2. The summed E-state index contributed by atoms with van der Waals surface area (Å²) in [4.78, 5) is 25.9. The van der Waals surface area contributed by atoms with E-state index in [1.165, 1.54) is 0 Å². The first-order valence-electron chi connectivity index (χ1n) is 6.11. The Morgan fingerprint density at radius 1 is 1.29 bits per heavy atom. The summed E-state index contributed by atoms with van der Waals surface area (Å²) in [5.74, 6) is -2.63. The molecule has 0 saturated heterocycles. The number of hydrogen-bond acceptors (Lipinski definition) is 5. The second-order valence-electron chi connectivity index (χ2n) is 4.37. The lowest BCUT2D eigenvalue weighted by Crippen LogP contribution is -2.18. The topological polar surface area (TPSA) is 112 Å². The van der Waals surface area contributed by atoms with E-state index in [9.17, 15) is 9.59 Å². The van der Waals surface area contributed by atoms with Crippen LogP contribution in [-0.4, -0.2) is 32.8 Å². The molecular formula is C14H13N3O4. The fourth-order valence-corrected chi connectivity index (χ4v) is 1.83. The first kappa shape index (κ1) is 14.4. The van der Waals surface area contributed by atoms with Gasteiger partial charge in [-0.15, -0.1) is 0 Å². The van der Waals surface area contributed by atoms with Gasteiger partial charge in [0.1, 0.15) is 0 Å². The minimum atomic E-state index is -1.38. The Bertz CT molecular complexity index is 740. The zero-order chi connectivity index (χ0) is 15.4. The molecular weight excluding hydrogens is 274 g/mol. The number of carbonyl (C=O) groups is 2. The Labute approximate surface area is 119 Å². The molecule has 2 aromatic rings. The molecule has 0 bridgehead atoms. The maximum Gasteiger partial charge on any atom is 0.352 e. The van der Waals surface area contributed by atoms with Gasteiger partial charge in [0.05, 0.1) is 17.6 Å². The van der Waals surface area contributed by atoms with Crippen LogP contribution >= 0.6 is 0 Å². The predicted molar refractivity (Wildman–Crippen MR) is 77.4 cm³/mol. The van der Waals surface area contributed by atoms with Crippen LogP contribution in [0.25, 0.3) is 10.9 Å². The Balaban J connectivity index is 2.38. The molecule has 0 atom stereocenters. The van der Waals surface area contributed by atoms with Crippen molar-refractivity contribution in [2.75, 3.05) is 5.43 Å². The number of aromatic nitrogens is 1. The highest BCUT2D eigenvalue weighted by atomic mass is 16.4. The molecule has 108 valence electrons. The minimum Gasteiger partial charge on any atom is -0.481 e. The van der Waals surface area contributed by atoms with Crippen molar-refractivity contribution in [1.82, 2.24) is 4.98 Å². The van der Waals surface area contributed by atoms with Crippen LogP contribution in [0.3, 0.4) is 0 Å². The van der Waals surface area contributed by atoms with Gasteiger partial charge in [-0.2, -0.15) is 5.10 Å². The van der Waals surface area contributed by atoms with Crippen LogP contribution in [0.15, 0.2) is 35.4 Å². The molecule has 7 nitrogen and oxygen atoms in total. The summed E-state index contributed by atoms with van der Waals surface area (Å²) in [5.41, 5.74) is 4.20. The van der Waals surface area contributed by atoms with Crippen LogP contribution in [0.4, 0.5) is 5.69 Å². The van der Waals surface area contributed by atoms with E-state index in [1.54, 1.807) is 13.0 Å². The van der Waals surface area contributed by atoms with Crippen molar-refractivity contribution in [2.24, 2.45) is 5.10 Å². The van der Waals surface area contributed by atoms with E-state index in [0.717, 1.165) is 16.6 Å². The van der Waals surface area contributed by atoms with Crippen LogP contribution in [-0.2, 0) is 9.59 Å². The summed E-state index contributed by atoms with van der Waals surface area (Å²) in [6.45, 7) is 1.80. The number of nitrogens with zero attached hydrogens (tertiary/aromatic N) is 2. The second kappa shape index (κ2) is 6.00. The molecule has 21 heavy (non-hydrogen) atoms. The zero-order valence-corrected chi connectivity index (χ0v) is 11.2. The fraction of sp³-hybridized carbons (Fsp3) is 0.143. The number of para-hydroxylation sites is 1. The van der Waals surface area contributed by atoms with Crippen molar-refractivity contribution in [3.05, 3.63) is 36.0 Å². The Hall–Kier alpha value is -2.96. The first-order valence-corrected chi connectivity index (χ1v) is 6.11. The van der Waals surface area contributed by atoms with E-state index in [4.69, 9.17) is 10.2 Å². The SMILES string of the molecule is Cc1cc(NN=C(CC(=O)O)C(=O)O)c2ccccc2n1. The Kier molecular flexibility index (Phi) is 4.13. The Morgan fingerprint density at radius 3 is 2.67 bits per heavy atom. The van der Waals surface area contributed by atoms with Gasteiger partial charge in [-0.3, -0.25) is 15.2 Å². The molecule has 0 unspecified atom stereocenters. The summed E-state index contributed by atoms with van der Waals surface area (Å²) < 4.78 is 0. The van der Waals surface area contributed by atoms with Crippen molar-refractivity contribution < 1.29 is 19.8 Å². The lowest BCUT2D eigenvalue weighted by atomic mass is 10.1. The van der Waals surface area contributed by atoms with Crippen molar-refractivity contribution >= 4 is 34.2 Å². The van der Waals surface area contributed by atoms with Crippen LogP contribution < -0.4 is 5.43 Å². The largest absolute Gasteiger partial charge is 0.481 e. The molecule has 0 aliphatic rings. The number of carboxylic acids is 2. The van der Waals surface area contributed by atoms with Crippen LogP contribution in [0.1, 0.15) is 12.1 Å². The van der Waals surface area contributed by atoms with Crippen molar-refractivity contribution in [2.45, 2.75) is 13.3 Å². The number of aliphatic carboxylic acids is 2. The quantitative estimate of drug-likeness (QED) is 0.571. The molecule has 1 heterocycles. The van der Waals surface area contributed by atoms with Crippen molar-refractivity contribution in [3.63, 3.8) is 0 Å². The molecule has 0 aliphatic heterocycles. The zero-order valence-electron chi connectivity index (χ0n) is 11.2. The van der Waals surface area contributed by atoms with Crippen molar-refractivity contribution in [1.29, 1.82) is 0 Å². The van der Waals surface area contributed by atoms with Crippen LogP contribution in [0.5, 0.6) is 0 Å². The normalized spacial score (nSPS) is 11.4. The average molecular weight is 287 g/mol. The van der Waals surface area contributed by atoms with Crippen LogP contribution in [0, 0.1) is 6.92 Å². The maximum atomic E-state index is 10.9. The van der Waals surface area contributed by atoms with Gasteiger partial charge in [-0.05, 0) is 19.1 Å². The van der Waals surface area contributed by atoms with Crippen LogP contribution in [0.2, 0.25) is 0 Å². The standard InChI is InChI=1S/C14H13N3O4/c1-8-6-11(9-4-2-3-5-10(9)15-8)16-17-12(14(20)21)7-13(18)19/h2-6H,7H2,1H3,(H,15,16)(H,18,19)(H,20,21). The first-order chi connectivity index (χ1) is 9.97. The molecule has 0 aliphatic carbocycles. The van der Waals surface area contributed by atoms with Crippen molar-refractivity contribution in [3.8, 4) is 0 Å². The third kappa shape index (κ3) is 3.53. The number of pyridine rings is 1. The van der Waals surface area contributed by atoms with E-state index in [1.807, 2.05) is 24.3 Å². The summed E-state index contributed by atoms with van der Waals surface area (Å²) in [6, 6.07) is 9.02. The van der Waals surface area contributed by atoms with Gasteiger partial charge in [0.15, 0.2) is 5.71 Å². The highest BCUT2D eigenvalue weighted by molar-refractivity contribution is 6.38. The maximum absolute atomic E-state index is 10.9. The number of hydrazone groups is 1. The number of nitrogens with one attached hydrogen (secondary N) is 1. The highest BCUT2D eigenvalue weighted by Crippen LogP contribution is 2.22. The summed E-state index contributed by atoms with van der Waals surface area (Å²) in [5, 5.41) is 22.0. The van der Waals surface area contributed by atoms with Gasteiger partial charge in [-0.25, -0.2) is 4.79 Å². The summed E-state index contributed by atoms with van der Waals surface area (Å²) >= 11 is 0. The molecule has 2 rings (SSSR count). The molecule has 0 fully saturated rings. The van der Waals surface area contributed by atoms with Gasteiger partial charge in [0.2, 0.25) is 0 Å². The smallest absolute Gasteiger partial charge is 0.352 e. The van der Waals surface area contributed by atoms with Gasteiger partial charge >= 0.3 is 11.9 Å². The van der Waals surface area contributed by atoms with Gasteiger partial charge in [0, 0.05) is 11.1 Å². The second-order valence-corrected chi connectivity index (χ2v) is 4.37. The lowest BCUT2D eigenvalue weighted by molar-refractivity contribution is -0.137. The Morgan fingerprint density at radius 2 is 2.00 bits per heavy atom. The van der Waals surface area contributed by atoms with Gasteiger partial charge in [-0.1, -0.05) is 18.2 Å². The highest BCUT2D eigenvalue weighted by Gasteiger charge is 2.14. The van der Waals surface area contributed by atoms with Gasteiger partial charge < -0.3 is 10.2 Å². The van der Waals surface area contributed by atoms with E-state index in [2.05, 4.69) is 15.5 Å². The molecule has 7 heteroatoms. The predicted octanol–water partition coefficient (Wildman–Crippen LogP) is 1.87. The van der Waals surface area contributed by atoms with Gasteiger partial charge in [0.25, 0.3) is 0 Å². The molecule has 1 aromatic carbocycles. The third-order valence-corrected chi connectivity index (χ3v) is 2.72.